The first-order valence-corrected chi connectivity index (χ1v) is 11.8. The van der Waals surface area contributed by atoms with E-state index >= 15 is 0 Å². The average molecular weight is 410 g/mol. The van der Waals surface area contributed by atoms with Crippen LogP contribution in [0.15, 0.2) is 36.4 Å². The zero-order chi connectivity index (χ0) is 22.4. The highest BCUT2D eigenvalue weighted by atomic mass is 31.1. The molecule has 0 N–H and O–H groups in total. The van der Waals surface area contributed by atoms with Gasteiger partial charge in [0.2, 0.25) is 0 Å². The third-order valence-electron chi connectivity index (χ3n) is 5.53. The first-order valence-electron chi connectivity index (χ1n) is 10.9. The summed E-state index contributed by atoms with van der Waals surface area (Å²) in [5.41, 5.74) is 6.32. The predicted octanol–water partition coefficient (Wildman–Crippen LogP) is 7.77. The molecule has 0 amide bonds. The van der Waals surface area contributed by atoms with Crippen molar-refractivity contribution in [3.63, 3.8) is 0 Å². The summed E-state index contributed by atoms with van der Waals surface area (Å²) in [5.74, 6) is 0. The van der Waals surface area contributed by atoms with E-state index in [-0.39, 0.29) is 21.7 Å². The Morgan fingerprint density at radius 2 is 0.621 bits per heavy atom. The molecule has 0 atom stereocenters. The van der Waals surface area contributed by atoms with E-state index in [9.17, 15) is 0 Å². The van der Waals surface area contributed by atoms with Gasteiger partial charge in [-0.15, -0.1) is 0 Å². The maximum absolute atomic E-state index is 2.34. The highest BCUT2D eigenvalue weighted by molar-refractivity contribution is 7.56. The number of hydrogen-bond acceptors (Lipinski definition) is 0. The van der Waals surface area contributed by atoms with Gasteiger partial charge in [0.25, 0.3) is 0 Å². The van der Waals surface area contributed by atoms with Crippen molar-refractivity contribution in [1.82, 2.24) is 0 Å². The molecule has 0 fully saturated rings. The Kier molecular flexibility index (Phi) is 6.53. The molecule has 0 bridgehead atoms. The molecule has 0 aliphatic carbocycles. The second kappa shape index (κ2) is 7.85. The van der Waals surface area contributed by atoms with Crippen LogP contribution in [-0.4, -0.2) is 0 Å². The van der Waals surface area contributed by atoms with Crippen LogP contribution in [0.4, 0.5) is 0 Å². The first kappa shape index (κ1) is 24.1. The predicted molar refractivity (Wildman–Crippen MR) is 134 cm³/mol. The molecule has 2 aromatic rings. The monoisotopic (exact) mass is 409 g/mol. The van der Waals surface area contributed by atoms with E-state index in [1.165, 1.54) is 41.4 Å². The van der Waals surface area contributed by atoms with Crippen LogP contribution in [0.3, 0.4) is 0 Å². The highest BCUT2D eigenvalue weighted by Gasteiger charge is 2.30. The summed E-state index contributed by atoms with van der Waals surface area (Å²) in [6.45, 7) is 28.1. The maximum atomic E-state index is 2.34. The second-order valence-electron chi connectivity index (χ2n) is 12.5. The van der Waals surface area contributed by atoms with Crippen molar-refractivity contribution in [3.8, 4) is 0 Å². The summed E-state index contributed by atoms with van der Waals surface area (Å²) in [5, 5.41) is 2.99. The molecular weight excluding hydrogens is 367 g/mol. The molecule has 1 radical (unpaired) electrons. The van der Waals surface area contributed by atoms with Gasteiger partial charge < -0.3 is 0 Å². The Hall–Kier alpha value is -1.13. The Balaban J connectivity index is 2.88. The number of benzene rings is 2. The normalized spacial score (nSPS) is 13.7. The lowest BCUT2D eigenvalue weighted by molar-refractivity contribution is 0.575. The Bertz CT molecular complexity index is 721. The van der Waals surface area contributed by atoms with Crippen molar-refractivity contribution >= 4 is 19.2 Å². The molecule has 0 nitrogen and oxygen atoms in total. The topological polar surface area (TPSA) is 0 Å². The van der Waals surface area contributed by atoms with Gasteiger partial charge in [0, 0.05) is 0 Å². The summed E-state index contributed by atoms with van der Waals surface area (Å²) in [6.07, 6.45) is 0. The molecule has 0 unspecified atom stereocenters. The molecule has 0 spiro atoms. The molecule has 2 aromatic carbocycles. The molecule has 0 heterocycles. The summed E-state index contributed by atoms with van der Waals surface area (Å²) in [6, 6.07) is 13.9. The van der Waals surface area contributed by atoms with Gasteiger partial charge in [0.15, 0.2) is 0 Å². The Labute approximate surface area is 182 Å². The Morgan fingerprint density at radius 3 is 0.793 bits per heavy atom. The molecule has 159 valence electrons. The minimum absolute atomic E-state index is 0.113. The lowest BCUT2D eigenvalue weighted by Crippen LogP contribution is -2.33. The van der Waals surface area contributed by atoms with Crippen molar-refractivity contribution in [2.24, 2.45) is 0 Å². The largest absolute Gasteiger partial charge is 0.0616 e. The molecule has 0 saturated carbocycles. The van der Waals surface area contributed by atoms with Crippen molar-refractivity contribution < 1.29 is 0 Å². The van der Waals surface area contributed by atoms with Crippen molar-refractivity contribution in [1.29, 1.82) is 0 Å². The van der Waals surface area contributed by atoms with Crippen LogP contribution in [-0.2, 0) is 21.7 Å². The van der Waals surface area contributed by atoms with E-state index in [1.54, 1.807) is 0 Å². The van der Waals surface area contributed by atoms with E-state index in [4.69, 9.17) is 0 Å². The molecular formula is C28H42P. The van der Waals surface area contributed by atoms with Crippen LogP contribution in [0.1, 0.15) is 105 Å². The smallest absolute Gasteiger partial charge is 0.00716 e. The van der Waals surface area contributed by atoms with Crippen LogP contribution in [0.5, 0.6) is 0 Å². The second-order valence-corrected chi connectivity index (χ2v) is 13.6. The number of hydrogen-bond donors (Lipinski definition) is 0. The summed E-state index contributed by atoms with van der Waals surface area (Å²) in [4.78, 5) is 0. The molecule has 1 heteroatoms. The molecule has 0 aliphatic rings. The summed E-state index contributed by atoms with van der Waals surface area (Å²) < 4.78 is 0. The average Bonchev–Trinajstić information content (AvgIpc) is 2.51. The van der Waals surface area contributed by atoms with Crippen LogP contribution in [0.2, 0.25) is 0 Å². The van der Waals surface area contributed by atoms with Gasteiger partial charge in [-0.25, -0.2) is 0 Å². The lowest BCUT2D eigenvalue weighted by atomic mass is 9.80. The van der Waals surface area contributed by atoms with E-state index in [0.29, 0.717) is 0 Å². The molecule has 0 aliphatic heterocycles. The fourth-order valence-corrected chi connectivity index (χ4v) is 6.21. The van der Waals surface area contributed by atoms with Gasteiger partial charge in [0.1, 0.15) is 0 Å². The minimum Gasteiger partial charge on any atom is -0.0616 e. The van der Waals surface area contributed by atoms with E-state index in [1.807, 2.05) is 0 Å². The fraction of sp³-hybridized carbons (Fsp3) is 0.571. The lowest BCUT2D eigenvalue weighted by Gasteiger charge is -2.33. The van der Waals surface area contributed by atoms with E-state index < -0.39 is 0 Å². The Morgan fingerprint density at radius 1 is 0.414 bits per heavy atom. The summed E-state index contributed by atoms with van der Waals surface area (Å²) in [7, 11) is 1.33. The fourth-order valence-electron chi connectivity index (χ4n) is 3.86. The van der Waals surface area contributed by atoms with Crippen molar-refractivity contribution in [2.45, 2.75) is 105 Å². The maximum Gasteiger partial charge on any atom is -0.00716 e. The van der Waals surface area contributed by atoms with Gasteiger partial charge in [-0.05, 0) is 63.1 Å². The first-order chi connectivity index (χ1) is 12.9. The third kappa shape index (κ3) is 5.52. The van der Waals surface area contributed by atoms with Crippen molar-refractivity contribution in [2.75, 3.05) is 0 Å². The summed E-state index contributed by atoms with van der Waals surface area (Å²) >= 11 is 0. The molecule has 0 aromatic heterocycles. The van der Waals surface area contributed by atoms with Gasteiger partial charge in [0.05, 0.1) is 0 Å². The van der Waals surface area contributed by atoms with Gasteiger partial charge >= 0.3 is 0 Å². The minimum atomic E-state index is 0.113. The molecule has 29 heavy (non-hydrogen) atoms. The van der Waals surface area contributed by atoms with Gasteiger partial charge in [-0.3, -0.25) is 0 Å². The number of rotatable bonds is 2. The standard InChI is InChI=1S/C28H42P/c1-25(2,3)19-15-13-16-20(26(4,5)6)23(19)29-24-21(27(7,8)9)17-14-18-22(24)28(10,11)12/h13-18H,1-12H3. The van der Waals surface area contributed by atoms with Crippen LogP contribution >= 0.6 is 8.58 Å². The van der Waals surface area contributed by atoms with Crippen LogP contribution in [0, 0.1) is 0 Å². The quantitative estimate of drug-likeness (QED) is 0.444. The van der Waals surface area contributed by atoms with Crippen LogP contribution < -0.4 is 10.6 Å². The zero-order valence-corrected chi connectivity index (χ0v) is 21.8. The SMILES string of the molecule is CC(C)(C)c1cccc(C(C)(C)C)c1[P]c1c(C(C)(C)C)cccc1C(C)(C)C. The van der Waals surface area contributed by atoms with Gasteiger partial charge in [-0.2, -0.15) is 0 Å². The highest BCUT2D eigenvalue weighted by Crippen LogP contribution is 2.37. The third-order valence-corrected chi connectivity index (χ3v) is 6.94. The van der Waals surface area contributed by atoms with E-state index in [0.717, 1.165) is 0 Å². The van der Waals surface area contributed by atoms with Crippen LogP contribution in [0.25, 0.3) is 0 Å². The van der Waals surface area contributed by atoms with E-state index in [2.05, 4.69) is 119 Å². The molecule has 0 saturated heterocycles. The molecule has 2 rings (SSSR count). The van der Waals surface area contributed by atoms with Crippen molar-refractivity contribution in [3.05, 3.63) is 58.7 Å². The zero-order valence-electron chi connectivity index (χ0n) is 20.9. The van der Waals surface area contributed by atoms with Gasteiger partial charge in [-0.1, -0.05) is 119 Å².